The molecule has 3 aromatic rings. The van der Waals surface area contributed by atoms with E-state index >= 15 is 0 Å². The van der Waals surface area contributed by atoms with Crippen LogP contribution in [0.15, 0.2) is 70.4 Å². The van der Waals surface area contributed by atoms with E-state index in [1.165, 1.54) is 12.3 Å². The Morgan fingerprint density at radius 2 is 1.84 bits per heavy atom. The summed E-state index contributed by atoms with van der Waals surface area (Å²) in [5.74, 6) is -0.208. The molecule has 160 valence electrons. The van der Waals surface area contributed by atoms with Gasteiger partial charge in [-0.3, -0.25) is 9.59 Å². The van der Waals surface area contributed by atoms with E-state index in [9.17, 15) is 9.59 Å². The minimum absolute atomic E-state index is 0.223. The minimum atomic E-state index is -0.825. The number of benzene rings is 2. The second kappa shape index (κ2) is 10.1. The fourth-order valence-corrected chi connectivity index (χ4v) is 2.96. The Bertz CT molecular complexity index is 1100. The molecule has 0 bridgehead atoms. The molecule has 3 rings (SSSR count). The average Bonchev–Trinajstić information content (AvgIpc) is 3.29. The average molecular weight is 460 g/mol. The minimum Gasteiger partial charge on any atom is -0.479 e. The smallest absolute Gasteiger partial charge is 0.291 e. The molecular formula is C22H19Cl2N3O4. The summed E-state index contributed by atoms with van der Waals surface area (Å²) >= 11 is 11.9. The zero-order valence-corrected chi connectivity index (χ0v) is 18.2. The normalized spacial score (nSPS) is 12.2. The van der Waals surface area contributed by atoms with E-state index in [0.29, 0.717) is 27.2 Å². The number of rotatable bonds is 7. The second-order valence-corrected chi connectivity index (χ2v) is 7.36. The Hall–Kier alpha value is -3.29. The van der Waals surface area contributed by atoms with Crippen LogP contribution in [0.4, 0.5) is 5.69 Å². The van der Waals surface area contributed by atoms with Crippen molar-refractivity contribution >= 4 is 46.4 Å². The van der Waals surface area contributed by atoms with E-state index < -0.39 is 12.0 Å². The van der Waals surface area contributed by atoms with Crippen LogP contribution in [0.25, 0.3) is 0 Å². The molecule has 0 aliphatic rings. The quantitative estimate of drug-likeness (QED) is 0.377. The van der Waals surface area contributed by atoms with Gasteiger partial charge in [-0.1, -0.05) is 35.3 Å². The van der Waals surface area contributed by atoms with Crippen molar-refractivity contribution in [2.75, 3.05) is 5.32 Å². The number of halogens is 2. The number of nitrogens with one attached hydrogen (secondary N) is 2. The number of hydrogen-bond acceptors (Lipinski definition) is 5. The largest absolute Gasteiger partial charge is 0.479 e. The molecule has 1 heterocycles. The predicted molar refractivity (Wildman–Crippen MR) is 120 cm³/mol. The molecule has 2 aromatic carbocycles. The summed E-state index contributed by atoms with van der Waals surface area (Å²) < 4.78 is 10.6. The van der Waals surface area contributed by atoms with Crippen molar-refractivity contribution in [1.82, 2.24) is 5.43 Å². The topological polar surface area (TPSA) is 92.9 Å². The molecule has 0 aliphatic carbocycles. The van der Waals surface area contributed by atoms with Gasteiger partial charge in [-0.05, 0) is 61.9 Å². The van der Waals surface area contributed by atoms with E-state index in [0.717, 1.165) is 5.56 Å². The monoisotopic (exact) mass is 459 g/mol. The molecule has 1 unspecified atom stereocenters. The highest BCUT2D eigenvalue weighted by Crippen LogP contribution is 2.28. The molecule has 2 N–H and O–H groups in total. The van der Waals surface area contributed by atoms with Crippen LogP contribution in [0.3, 0.4) is 0 Å². The summed E-state index contributed by atoms with van der Waals surface area (Å²) in [6, 6.07) is 15.0. The summed E-state index contributed by atoms with van der Waals surface area (Å²) in [4.78, 5) is 24.3. The van der Waals surface area contributed by atoms with Crippen LogP contribution in [0.1, 0.15) is 30.0 Å². The van der Waals surface area contributed by atoms with E-state index in [2.05, 4.69) is 15.8 Å². The van der Waals surface area contributed by atoms with Crippen LogP contribution < -0.4 is 15.5 Å². The number of ether oxygens (including phenoxy) is 1. The molecule has 1 atom stereocenters. The maximum absolute atomic E-state index is 12.3. The first-order valence-electron chi connectivity index (χ1n) is 9.24. The predicted octanol–water partition coefficient (Wildman–Crippen LogP) is 5.15. The van der Waals surface area contributed by atoms with E-state index in [1.54, 1.807) is 62.4 Å². The summed E-state index contributed by atoms with van der Waals surface area (Å²) in [5, 5.41) is 7.62. The molecular weight excluding hydrogens is 441 g/mol. The third kappa shape index (κ3) is 6.10. The first-order valence-corrected chi connectivity index (χ1v) is 10.00. The summed E-state index contributed by atoms with van der Waals surface area (Å²) in [5.41, 5.74) is 4.42. The number of hydrazone groups is 1. The molecule has 2 amide bonds. The van der Waals surface area contributed by atoms with Gasteiger partial charge >= 0.3 is 0 Å². The van der Waals surface area contributed by atoms with Gasteiger partial charge in [0.25, 0.3) is 11.8 Å². The zero-order valence-electron chi connectivity index (χ0n) is 16.7. The van der Waals surface area contributed by atoms with Gasteiger partial charge in [0.15, 0.2) is 11.9 Å². The number of amides is 2. The number of hydrogen-bond donors (Lipinski definition) is 2. The molecule has 0 saturated heterocycles. The van der Waals surface area contributed by atoms with E-state index in [4.69, 9.17) is 32.4 Å². The second-order valence-electron chi connectivity index (χ2n) is 6.52. The van der Waals surface area contributed by atoms with Crippen LogP contribution >= 0.6 is 23.2 Å². The number of carbonyl (C=O) groups is 2. The van der Waals surface area contributed by atoms with Gasteiger partial charge < -0.3 is 14.5 Å². The Kier molecular flexibility index (Phi) is 7.33. The molecule has 31 heavy (non-hydrogen) atoms. The van der Waals surface area contributed by atoms with Gasteiger partial charge in [-0.25, -0.2) is 5.43 Å². The van der Waals surface area contributed by atoms with Crippen molar-refractivity contribution in [3.05, 3.63) is 82.2 Å². The van der Waals surface area contributed by atoms with Crippen molar-refractivity contribution in [3.8, 4) is 5.75 Å². The SMILES string of the molecule is CC(=NNC(=O)C(C)Oc1ccc(Cl)cc1Cl)c1ccc(NC(=O)c2ccco2)cc1. The fourth-order valence-electron chi connectivity index (χ4n) is 2.50. The number of carbonyl (C=O) groups excluding carboxylic acids is 2. The number of nitrogens with zero attached hydrogens (tertiary/aromatic N) is 1. The van der Waals surface area contributed by atoms with Gasteiger partial charge in [0.1, 0.15) is 5.75 Å². The summed E-state index contributed by atoms with van der Waals surface area (Å²) in [6.45, 7) is 3.33. The van der Waals surface area contributed by atoms with Gasteiger partial charge in [0, 0.05) is 10.7 Å². The van der Waals surface area contributed by atoms with Gasteiger partial charge in [0.05, 0.1) is 17.0 Å². The molecule has 0 aliphatic heterocycles. The van der Waals surface area contributed by atoms with Crippen molar-refractivity contribution in [2.45, 2.75) is 20.0 Å². The van der Waals surface area contributed by atoms with Crippen LogP contribution in [0, 0.1) is 0 Å². The summed E-state index contributed by atoms with van der Waals surface area (Å²) in [7, 11) is 0. The highest BCUT2D eigenvalue weighted by atomic mass is 35.5. The van der Waals surface area contributed by atoms with Crippen molar-refractivity contribution in [3.63, 3.8) is 0 Å². The lowest BCUT2D eigenvalue weighted by molar-refractivity contribution is -0.127. The van der Waals surface area contributed by atoms with Crippen molar-refractivity contribution < 1.29 is 18.7 Å². The molecule has 9 heteroatoms. The van der Waals surface area contributed by atoms with Crippen molar-refractivity contribution in [2.24, 2.45) is 5.10 Å². The standard InChI is InChI=1S/C22H19Cl2N3O4/c1-13(15-5-8-17(9-6-15)25-22(29)20-4-3-11-30-20)26-27-21(28)14(2)31-19-10-7-16(23)12-18(19)24/h3-12,14H,1-2H3,(H,25,29)(H,27,28). The molecule has 0 saturated carbocycles. The van der Waals surface area contributed by atoms with Crippen LogP contribution in [0.2, 0.25) is 10.0 Å². The maximum atomic E-state index is 12.3. The Morgan fingerprint density at radius 1 is 1.10 bits per heavy atom. The van der Waals surface area contributed by atoms with Gasteiger partial charge in [-0.15, -0.1) is 0 Å². The zero-order chi connectivity index (χ0) is 22.4. The third-order valence-electron chi connectivity index (χ3n) is 4.21. The van der Waals surface area contributed by atoms with Crippen LogP contribution in [-0.4, -0.2) is 23.6 Å². The molecule has 0 radical (unpaired) electrons. The Morgan fingerprint density at radius 3 is 2.48 bits per heavy atom. The first-order chi connectivity index (χ1) is 14.8. The number of anilines is 1. The highest BCUT2D eigenvalue weighted by Gasteiger charge is 2.16. The van der Waals surface area contributed by atoms with Crippen LogP contribution in [-0.2, 0) is 4.79 Å². The lowest BCUT2D eigenvalue weighted by Crippen LogP contribution is -2.34. The van der Waals surface area contributed by atoms with Crippen molar-refractivity contribution in [1.29, 1.82) is 0 Å². The van der Waals surface area contributed by atoms with Gasteiger partial charge in [-0.2, -0.15) is 5.10 Å². The number of furan rings is 1. The maximum Gasteiger partial charge on any atom is 0.291 e. The molecule has 0 fully saturated rings. The summed E-state index contributed by atoms with van der Waals surface area (Å²) in [6.07, 6.45) is 0.608. The van der Waals surface area contributed by atoms with Crippen LogP contribution in [0.5, 0.6) is 5.75 Å². The lowest BCUT2D eigenvalue weighted by atomic mass is 10.1. The fraction of sp³-hybridized carbons (Fsp3) is 0.136. The Labute approximate surface area is 189 Å². The van der Waals surface area contributed by atoms with Gasteiger partial charge in [0.2, 0.25) is 0 Å². The molecule has 1 aromatic heterocycles. The molecule has 7 nitrogen and oxygen atoms in total. The molecule has 0 spiro atoms. The van der Waals surface area contributed by atoms with E-state index in [-0.39, 0.29) is 11.7 Å². The Balaban J connectivity index is 1.56. The lowest BCUT2D eigenvalue weighted by Gasteiger charge is -2.14. The first kappa shape index (κ1) is 22.4. The van der Waals surface area contributed by atoms with E-state index in [1.807, 2.05) is 0 Å². The third-order valence-corrected chi connectivity index (χ3v) is 4.74. The highest BCUT2D eigenvalue weighted by molar-refractivity contribution is 6.35.